The van der Waals surface area contributed by atoms with E-state index in [4.69, 9.17) is 16.6 Å². The number of aromatic nitrogens is 2. The van der Waals surface area contributed by atoms with Crippen LogP contribution in [0.1, 0.15) is 33.0 Å². The molecule has 160 valence electrons. The van der Waals surface area contributed by atoms with Crippen LogP contribution in [-0.4, -0.2) is 47.0 Å². The molecule has 0 aliphatic carbocycles. The molecule has 31 heavy (non-hydrogen) atoms. The molecule has 0 unspecified atom stereocenters. The van der Waals surface area contributed by atoms with Gasteiger partial charge >= 0.3 is 0 Å². The zero-order valence-electron chi connectivity index (χ0n) is 17.6. The Morgan fingerprint density at radius 2 is 1.68 bits per heavy atom. The van der Waals surface area contributed by atoms with Crippen LogP contribution in [0.4, 0.5) is 10.2 Å². The average Bonchev–Trinajstić information content (AvgIpc) is 2.77. The maximum atomic E-state index is 14.0. The van der Waals surface area contributed by atoms with Crippen molar-refractivity contribution in [2.24, 2.45) is 0 Å². The van der Waals surface area contributed by atoms with Crippen LogP contribution >= 0.6 is 11.6 Å². The highest BCUT2D eigenvalue weighted by Gasteiger charge is 2.26. The van der Waals surface area contributed by atoms with E-state index in [2.05, 4.69) is 9.88 Å². The number of carbonyl (C=O) groups excluding carboxylic acids is 1. The van der Waals surface area contributed by atoms with Crippen molar-refractivity contribution in [3.63, 3.8) is 0 Å². The molecule has 0 radical (unpaired) electrons. The van der Waals surface area contributed by atoms with E-state index in [-0.39, 0.29) is 11.5 Å². The Kier molecular flexibility index (Phi) is 6.18. The van der Waals surface area contributed by atoms with Crippen LogP contribution in [0.5, 0.6) is 0 Å². The van der Waals surface area contributed by atoms with Crippen LogP contribution < -0.4 is 4.90 Å². The summed E-state index contributed by atoms with van der Waals surface area (Å²) in [5.74, 6) is 0.825. The van der Waals surface area contributed by atoms with E-state index in [0.717, 1.165) is 22.6 Å². The molecule has 1 amide bonds. The lowest BCUT2D eigenvalue weighted by molar-refractivity contribution is 0.0741. The van der Waals surface area contributed by atoms with Crippen LogP contribution in [0.25, 0.3) is 0 Å². The highest BCUT2D eigenvalue weighted by Crippen LogP contribution is 2.28. The Morgan fingerprint density at radius 1 is 1.00 bits per heavy atom. The summed E-state index contributed by atoms with van der Waals surface area (Å²) in [4.78, 5) is 25.9. The lowest BCUT2D eigenvalue weighted by Gasteiger charge is -2.36. The molecular weight excluding hydrogens is 415 g/mol. The van der Waals surface area contributed by atoms with Crippen molar-refractivity contribution in [1.82, 2.24) is 14.9 Å². The predicted octanol–water partition coefficient (Wildman–Crippen LogP) is 4.44. The third-order valence-electron chi connectivity index (χ3n) is 5.60. The molecule has 0 spiro atoms. The molecule has 4 rings (SSSR count). The number of anilines is 1. The lowest BCUT2D eigenvalue weighted by Crippen LogP contribution is -2.49. The van der Waals surface area contributed by atoms with Gasteiger partial charge in [0.1, 0.15) is 17.5 Å². The van der Waals surface area contributed by atoms with E-state index >= 15 is 0 Å². The second kappa shape index (κ2) is 9.02. The molecule has 1 fully saturated rings. The molecule has 2 heterocycles. The van der Waals surface area contributed by atoms with Crippen molar-refractivity contribution in [3.8, 4) is 0 Å². The minimum Gasteiger partial charge on any atom is -0.353 e. The van der Waals surface area contributed by atoms with Gasteiger partial charge in [-0.1, -0.05) is 41.9 Å². The van der Waals surface area contributed by atoms with E-state index in [1.165, 1.54) is 12.1 Å². The monoisotopic (exact) mass is 438 g/mol. The van der Waals surface area contributed by atoms with Crippen molar-refractivity contribution in [2.75, 3.05) is 31.1 Å². The van der Waals surface area contributed by atoms with Crippen molar-refractivity contribution in [1.29, 1.82) is 0 Å². The van der Waals surface area contributed by atoms with E-state index in [1.54, 1.807) is 17.0 Å². The second-order valence-corrected chi connectivity index (χ2v) is 8.09. The SMILES string of the molecule is Cc1nc(C)c(Cc2ccccc2Cl)c(N2CCN(C(=O)c3ccccc3F)CC2)n1. The van der Waals surface area contributed by atoms with E-state index in [1.807, 2.05) is 38.1 Å². The third-order valence-corrected chi connectivity index (χ3v) is 5.97. The molecule has 1 saturated heterocycles. The van der Waals surface area contributed by atoms with Gasteiger partial charge in [0.05, 0.1) is 5.56 Å². The van der Waals surface area contributed by atoms with E-state index in [0.29, 0.717) is 43.4 Å². The fourth-order valence-corrected chi connectivity index (χ4v) is 4.15. The first-order chi connectivity index (χ1) is 14.9. The minimum atomic E-state index is -0.487. The summed E-state index contributed by atoms with van der Waals surface area (Å²) in [6.07, 6.45) is 0.634. The van der Waals surface area contributed by atoms with Crippen molar-refractivity contribution in [2.45, 2.75) is 20.3 Å². The average molecular weight is 439 g/mol. The molecule has 1 aromatic heterocycles. The number of benzene rings is 2. The summed E-state index contributed by atoms with van der Waals surface area (Å²) in [7, 11) is 0. The minimum absolute atomic E-state index is 0.115. The van der Waals surface area contributed by atoms with Gasteiger partial charge in [0, 0.05) is 48.9 Å². The Morgan fingerprint density at radius 3 is 2.39 bits per heavy atom. The smallest absolute Gasteiger partial charge is 0.256 e. The highest BCUT2D eigenvalue weighted by atomic mass is 35.5. The third kappa shape index (κ3) is 4.54. The molecular formula is C24H24ClFN4O. The summed E-state index contributed by atoms with van der Waals surface area (Å²) in [6, 6.07) is 13.9. The Balaban J connectivity index is 1.55. The normalized spacial score (nSPS) is 14.1. The van der Waals surface area contributed by atoms with Crippen molar-refractivity contribution < 1.29 is 9.18 Å². The Hall–Kier alpha value is -2.99. The Bertz CT molecular complexity index is 1110. The quantitative estimate of drug-likeness (QED) is 0.604. The number of hydrogen-bond acceptors (Lipinski definition) is 4. The van der Waals surface area contributed by atoms with E-state index in [9.17, 15) is 9.18 Å². The zero-order chi connectivity index (χ0) is 22.0. The number of amides is 1. The number of halogens is 2. The number of piperazine rings is 1. The molecule has 5 nitrogen and oxygen atoms in total. The number of aryl methyl sites for hydroxylation is 2. The maximum Gasteiger partial charge on any atom is 0.256 e. The van der Waals surface area contributed by atoms with Crippen LogP contribution in [-0.2, 0) is 6.42 Å². The van der Waals surface area contributed by atoms with Crippen LogP contribution in [0, 0.1) is 19.7 Å². The first-order valence-corrected chi connectivity index (χ1v) is 10.7. The Labute approximate surface area is 186 Å². The van der Waals surface area contributed by atoms with Crippen molar-refractivity contribution in [3.05, 3.63) is 87.6 Å². The van der Waals surface area contributed by atoms with Crippen LogP contribution in [0.2, 0.25) is 5.02 Å². The summed E-state index contributed by atoms with van der Waals surface area (Å²) >= 11 is 6.39. The molecule has 1 aliphatic rings. The van der Waals surface area contributed by atoms with E-state index < -0.39 is 5.82 Å². The summed E-state index contributed by atoms with van der Waals surface area (Å²) in [5.41, 5.74) is 3.10. The molecule has 0 bridgehead atoms. The fourth-order valence-electron chi connectivity index (χ4n) is 3.94. The number of carbonyl (C=O) groups is 1. The molecule has 0 atom stereocenters. The first-order valence-electron chi connectivity index (χ1n) is 10.3. The van der Waals surface area contributed by atoms with Gasteiger partial charge < -0.3 is 9.80 Å². The summed E-state index contributed by atoms with van der Waals surface area (Å²) in [5, 5.41) is 0.716. The molecule has 2 aromatic carbocycles. The highest BCUT2D eigenvalue weighted by molar-refractivity contribution is 6.31. The van der Waals surface area contributed by atoms with Gasteiger partial charge in [0.2, 0.25) is 0 Å². The van der Waals surface area contributed by atoms with Gasteiger partial charge in [0.15, 0.2) is 0 Å². The van der Waals surface area contributed by atoms with Crippen molar-refractivity contribution >= 4 is 23.3 Å². The number of nitrogens with zero attached hydrogens (tertiary/aromatic N) is 4. The first kappa shape index (κ1) is 21.2. The largest absolute Gasteiger partial charge is 0.353 e. The summed E-state index contributed by atoms with van der Waals surface area (Å²) in [6.45, 7) is 6.11. The number of hydrogen-bond donors (Lipinski definition) is 0. The molecule has 1 aliphatic heterocycles. The van der Waals surface area contributed by atoms with Crippen LogP contribution in [0.15, 0.2) is 48.5 Å². The summed E-state index contributed by atoms with van der Waals surface area (Å²) < 4.78 is 14.0. The topological polar surface area (TPSA) is 49.3 Å². The molecule has 0 saturated carbocycles. The van der Waals surface area contributed by atoms with Gasteiger partial charge in [-0.2, -0.15) is 0 Å². The van der Waals surface area contributed by atoms with Crippen LogP contribution in [0.3, 0.4) is 0 Å². The van der Waals surface area contributed by atoms with Gasteiger partial charge in [-0.3, -0.25) is 4.79 Å². The molecule has 3 aromatic rings. The zero-order valence-corrected chi connectivity index (χ0v) is 18.4. The number of rotatable bonds is 4. The lowest BCUT2D eigenvalue weighted by atomic mass is 10.0. The van der Waals surface area contributed by atoms with Gasteiger partial charge in [-0.25, -0.2) is 14.4 Å². The van der Waals surface area contributed by atoms with Gasteiger partial charge in [-0.15, -0.1) is 0 Å². The fraction of sp³-hybridized carbons (Fsp3) is 0.292. The standard InChI is InChI=1S/C24H24ClFN4O/c1-16-20(15-18-7-3-5-9-21(18)25)23(28-17(2)27-16)29-11-13-30(14-12-29)24(31)19-8-4-6-10-22(19)26/h3-10H,11-15H2,1-2H3. The molecule has 0 N–H and O–H groups in total. The van der Waals surface area contributed by atoms with Gasteiger partial charge in [-0.05, 0) is 37.6 Å². The maximum absolute atomic E-state index is 14.0. The predicted molar refractivity (Wildman–Crippen MR) is 120 cm³/mol. The molecule has 7 heteroatoms. The van der Waals surface area contributed by atoms with Gasteiger partial charge in [0.25, 0.3) is 5.91 Å². The second-order valence-electron chi connectivity index (χ2n) is 7.69.